The van der Waals surface area contributed by atoms with Crippen molar-refractivity contribution in [2.45, 2.75) is 46.3 Å². The monoisotopic (exact) mass is 255 g/mol. The van der Waals surface area contributed by atoms with Gasteiger partial charge in [0.2, 0.25) is 5.91 Å². The molecule has 0 saturated carbocycles. The van der Waals surface area contributed by atoms with E-state index in [1.165, 1.54) is 0 Å². The van der Waals surface area contributed by atoms with Crippen molar-refractivity contribution in [1.82, 2.24) is 5.32 Å². The molecule has 4 nitrogen and oxygen atoms in total. The van der Waals surface area contributed by atoms with Gasteiger partial charge in [-0.25, -0.2) is 0 Å². The van der Waals surface area contributed by atoms with Gasteiger partial charge in [-0.1, -0.05) is 19.9 Å². The lowest BCUT2D eigenvalue weighted by Gasteiger charge is -2.26. The van der Waals surface area contributed by atoms with Crippen LogP contribution in [-0.4, -0.2) is 31.5 Å². The van der Waals surface area contributed by atoms with E-state index in [0.29, 0.717) is 25.7 Å². The van der Waals surface area contributed by atoms with Crippen LogP contribution in [-0.2, 0) is 14.3 Å². The lowest BCUT2D eigenvalue weighted by Crippen LogP contribution is -2.34. The second kappa shape index (κ2) is 6.90. The third kappa shape index (κ3) is 4.78. The van der Waals surface area contributed by atoms with Crippen molar-refractivity contribution in [2.75, 3.05) is 19.8 Å². The summed E-state index contributed by atoms with van der Waals surface area (Å²) in [5.41, 5.74) is 0.782. The SMILES string of the molecule is CC/C=C(/C)C(=O)NC[C@@H](C)CC1(C)OCCO1. The first-order valence-corrected chi connectivity index (χ1v) is 6.69. The third-order valence-electron chi connectivity index (χ3n) is 3.10. The second-order valence-corrected chi connectivity index (χ2v) is 5.15. The molecule has 1 atom stereocenters. The quantitative estimate of drug-likeness (QED) is 0.740. The third-order valence-corrected chi connectivity index (χ3v) is 3.10. The Balaban J connectivity index is 2.30. The Hall–Kier alpha value is -0.870. The molecule has 1 rings (SSSR count). The lowest BCUT2D eigenvalue weighted by atomic mass is 10.0. The Morgan fingerprint density at radius 1 is 1.44 bits per heavy atom. The molecule has 4 heteroatoms. The number of amides is 1. The Labute approximate surface area is 110 Å². The number of allylic oxidation sites excluding steroid dienone is 1. The predicted molar refractivity (Wildman–Crippen MR) is 71.1 cm³/mol. The summed E-state index contributed by atoms with van der Waals surface area (Å²) in [6, 6.07) is 0. The van der Waals surface area contributed by atoms with E-state index in [0.717, 1.165) is 18.4 Å². The molecular weight excluding hydrogens is 230 g/mol. The molecule has 0 spiro atoms. The van der Waals surface area contributed by atoms with E-state index in [4.69, 9.17) is 9.47 Å². The zero-order valence-corrected chi connectivity index (χ0v) is 11.9. The first kappa shape index (κ1) is 15.2. The maximum absolute atomic E-state index is 11.7. The fourth-order valence-electron chi connectivity index (χ4n) is 2.19. The summed E-state index contributed by atoms with van der Waals surface area (Å²) in [5.74, 6) is -0.132. The van der Waals surface area contributed by atoms with Crippen molar-refractivity contribution in [3.8, 4) is 0 Å². The molecule has 1 heterocycles. The van der Waals surface area contributed by atoms with Crippen LogP contribution in [0.4, 0.5) is 0 Å². The molecule has 0 aromatic carbocycles. The average Bonchev–Trinajstić information content (AvgIpc) is 2.72. The minimum Gasteiger partial charge on any atom is -0.352 e. The summed E-state index contributed by atoms with van der Waals surface area (Å²) in [6.07, 6.45) is 3.61. The predicted octanol–water partition coefficient (Wildman–Crippen LogP) is 2.25. The molecule has 104 valence electrons. The van der Waals surface area contributed by atoms with Crippen LogP contribution >= 0.6 is 0 Å². The summed E-state index contributed by atoms with van der Waals surface area (Å²) in [7, 11) is 0. The van der Waals surface area contributed by atoms with Crippen LogP contribution in [0.3, 0.4) is 0 Å². The number of nitrogens with one attached hydrogen (secondary N) is 1. The minimum absolute atomic E-state index is 0.0158. The van der Waals surface area contributed by atoms with E-state index in [1.54, 1.807) is 0 Å². The van der Waals surface area contributed by atoms with Gasteiger partial charge < -0.3 is 14.8 Å². The van der Waals surface area contributed by atoms with E-state index in [9.17, 15) is 4.79 Å². The van der Waals surface area contributed by atoms with Gasteiger partial charge >= 0.3 is 0 Å². The molecule has 1 fully saturated rings. The number of carbonyl (C=O) groups excluding carboxylic acids is 1. The molecule has 1 N–H and O–H groups in total. The molecule has 0 radical (unpaired) electrons. The minimum atomic E-state index is -0.474. The summed E-state index contributed by atoms with van der Waals surface area (Å²) in [4.78, 5) is 11.7. The molecule has 0 unspecified atom stereocenters. The van der Waals surface area contributed by atoms with Gasteiger partial charge in [0.25, 0.3) is 0 Å². The smallest absolute Gasteiger partial charge is 0.246 e. The number of rotatable bonds is 6. The van der Waals surface area contributed by atoms with Crippen LogP contribution in [0.25, 0.3) is 0 Å². The summed E-state index contributed by atoms with van der Waals surface area (Å²) < 4.78 is 11.1. The van der Waals surface area contributed by atoms with E-state index in [-0.39, 0.29) is 5.91 Å². The fraction of sp³-hybridized carbons (Fsp3) is 0.786. The van der Waals surface area contributed by atoms with Crippen molar-refractivity contribution in [3.05, 3.63) is 11.6 Å². The van der Waals surface area contributed by atoms with Crippen molar-refractivity contribution in [2.24, 2.45) is 5.92 Å². The van der Waals surface area contributed by atoms with Gasteiger partial charge in [-0.3, -0.25) is 4.79 Å². The van der Waals surface area contributed by atoms with E-state index in [2.05, 4.69) is 12.2 Å². The van der Waals surface area contributed by atoms with Gasteiger partial charge in [0, 0.05) is 18.5 Å². The van der Waals surface area contributed by atoms with Gasteiger partial charge in [-0.2, -0.15) is 0 Å². The molecule has 1 aliphatic rings. The Morgan fingerprint density at radius 2 is 2.06 bits per heavy atom. The van der Waals surface area contributed by atoms with Crippen molar-refractivity contribution in [1.29, 1.82) is 0 Å². The fourth-order valence-corrected chi connectivity index (χ4v) is 2.19. The van der Waals surface area contributed by atoms with Crippen LogP contribution in [0.5, 0.6) is 0 Å². The Bertz CT molecular complexity index is 306. The van der Waals surface area contributed by atoms with E-state index in [1.807, 2.05) is 26.8 Å². The lowest BCUT2D eigenvalue weighted by molar-refractivity contribution is -0.154. The zero-order valence-electron chi connectivity index (χ0n) is 11.9. The summed E-state index contributed by atoms with van der Waals surface area (Å²) >= 11 is 0. The summed E-state index contributed by atoms with van der Waals surface area (Å²) in [5, 5.41) is 2.94. The van der Waals surface area contributed by atoms with Crippen molar-refractivity contribution in [3.63, 3.8) is 0 Å². The Kier molecular flexibility index (Phi) is 5.82. The largest absolute Gasteiger partial charge is 0.352 e. The van der Waals surface area contributed by atoms with Crippen LogP contribution in [0.15, 0.2) is 11.6 Å². The first-order valence-electron chi connectivity index (χ1n) is 6.69. The van der Waals surface area contributed by atoms with E-state index < -0.39 is 5.79 Å². The standard InChI is InChI=1S/C14H25NO3/c1-5-6-12(3)13(16)15-10-11(2)9-14(4)17-7-8-18-14/h6,11H,5,7-10H2,1-4H3,(H,15,16)/b12-6-/t11-/m0/s1. The van der Waals surface area contributed by atoms with Gasteiger partial charge in [0.05, 0.1) is 13.2 Å². The molecule has 1 aliphatic heterocycles. The molecule has 1 saturated heterocycles. The van der Waals surface area contributed by atoms with Gasteiger partial charge in [-0.05, 0) is 26.2 Å². The maximum atomic E-state index is 11.7. The molecular formula is C14H25NO3. The van der Waals surface area contributed by atoms with Crippen LogP contribution < -0.4 is 5.32 Å². The zero-order chi connectivity index (χ0) is 13.6. The number of carbonyl (C=O) groups is 1. The van der Waals surface area contributed by atoms with Crippen molar-refractivity contribution < 1.29 is 14.3 Å². The topological polar surface area (TPSA) is 47.6 Å². The highest BCUT2D eigenvalue weighted by Crippen LogP contribution is 2.26. The normalized spacial score (nSPS) is 20.8. The summed E-state index contributed by atoms with van der Waals surface area (Å²) in [6.45, 7) is 9.89. The highest BCUT2D eigenvalue weighted by molar-refractivity contribution is 5.92. The van der Waals surface area contributed by atoms with Crippen LogP contribution in [0.1, 0.15) is 40.5 Å². The average molecular weight is 255 g/mol. The molecule has 18 heavy (non-hydrogen) atoms. The van der Waals surface area contributed by atoms with Crippen molar-refractivity contribution >= 4 is 5.91 Å². The molecule has 0 bridgehead atoms. The molecule has 1 amide bonds. The second-order valence-electron chi connectivity index (χ2n) is 5.15. The van der Waals surface area contributed by atoms with E-state index >= 15 is 0 Å². The Morgan fingerprint density at radius 3 is 2.61 bits per heavy atom. The maximum Gasteiger partial charge on any atom is 0.246 e. The number of hydrogen-bond acceptors (Lipinski definition) is 3. The first-order chi connectivity index (χ1) is 8.47. The highest BCUT2D eigenvalue weighted by atomic mass is 16.7. The highest BCUT2D eigenvalue weighted by Gasteiger charge is 2.32. The molecule has 0 aromatic rings. The van der Waals surface area contributed by atoms with Crippen LogP contribution in [0, 0.1) is 5.92 Å². The molecule has 0 aromatic heterocycles. The number of hydrogen-bond donors (Lipinski definition) is 1. The van der Waals surface area contributed by atoms with Gasteiger partial charge in [0.1, 0.15) is 0 Å². The van der Waals surface area contributed by atoms with Crippen LogP contribution in [0.2, 0.25) is 0 Å². The van der Waals surface area contributed by atoms with Gasteiger partial charge in [-0.15, -0.1) is 0 Å². The number of ether oxygens (including phenoxy) is 2. The molecule has 0 aliphatic carbocycles. The van der Waals surface area contributed by atoms with Gasteiger partial charge in [0.15, 0.2) is 5.79 Å².